The summed E-state index contributed by atoms with van der Waals surface area (Å²) >= 11 is 5.36. The molecule has 5 nitrogen and oxygen atoms in total. The summed E-state index contributed by atoms with van der Waals surface area (Å²) in [4.78, 5) is 28.2. The smallest absolute Gasteiger partial charge is 0.410 e. The van der Waals surface area contributed by atoms with Gasteiger partial charge in [0.2, 0.25) is 0 Å². The number of ether oxygens (including phenoxy) is 1. The van der Waals surface area contributed by atoms with Gasteiger partial charge < -0.3 is 14.5 Å². The minimum Gasteiger partial charge on any atom is -0.444 e. The molecule has 0 aromatic carbocycles. The topological polar surface area (TPSA) is 49.9 Å². The molecule has 0 atom stereocenters. The third-order valence-electron chi connectivity index (χ3n) is 3.44. The van der Waals surface area contributed by atoms with E-state index in [-0.39, 0.29) is 11.9 Å². The molecule has 0 aromatic rings. The van der Waals surface area contributed by atoms with E-state index in [1.807, 2.05) is 25.7 Å². The van der Waals surface area contributed by atoms with Crippen LogP contribution in [0.3, 0.4) is 0 Å². The SMILES string of the molecule is CCCCC(=O)CC(=S)N1CCN(C(=O)OC(C)(C)C)CC1. The van der Waals surface area contributed by atoms with Crippen LogP contribution in [0.5, 0.6) is 0 Å². The maximum absolute atomic E-state index is 12.0. The molecule has 0 N–H and O–H groups in total. The number of piperazine rings is 1. The predicted molar refractivity (Wildman–Crippen MR) is 91.1 cm³/mol. The first-order valence-electron chi connectivity index (χ1n) is 8.00. The molecule has 0 aliphatic carbocycles. The van der Waals surface area contributed by atoms with Gasteiger partial charge in [-0.25, -0.2) is 4.79 Å². The molecule has 0 radical (unpaired) electrons. The number of hydrogen-bond donors (Lipinski definition) is 0. The molecule has 1 aliphatic rings. The Morgan fingerprint density at radius 1 is 1.09 bits per heavy atom. The number of Topliss-reactive ketones (excluding diaryl/α,β-unsaturated/α-hetero) is 1. The van der Waals surface area contributed by atoms with Crippen LogP contribution in [0.2, 0.25) is 0 Å². The van der Waals surface area contributed by atoms with Crippen LogP contribution in [0.15, 0.2) is 0 Å². The Kier molecular flexibility index (Phi) is 7.26. The molecule has 0 unspecified atom stereocenters. The van der Waals surface area contributed by atoms with E-state index in [0.717, 1.165) is 12.8 Å². The molecule has 1 fully saturated rings. The highest BCUT2D eigenvalue weighted by molar-refractivity contribution is 7.80. The molecule has 22 heavy (non-hydrogen) atoms. The lowest BCUT2D eigenvalue weighted by molar-refractivity contribution is -0.118. The summed E-state index contributed by atoms with van der Waals surface area (Å²) in [7, 11) is 0. The summed E-state index contributed by atoms with van der Waals surface area (Å²) in [6.45, 7) is 10.1. The van der Waals surface area contributed by atoms with Crippen LogP contribution in [-0.4, -0.2) is 58.4 Å². The van der Waals surface area contributed by atoms with Gasteiger partial charge in [-0.1, -0.05) is 25.6 Å². The number of ketones is 1. The third-order valence-corrected chi connectivity index (χ3v) is 3.84. The average Bonchev–Trinajstić information content (AvgIpc) is 2.43. The lowest BCUT2D eigenvalue weighted by Gasteiger charge is -2.36. The molecular formula is C16H28N2O3S. The van der Waals surface area contributed by atoms with Gasteiger partial charge in [-0.15, -0.1) is 0 Å². The largest absolute Gasteiger partial charge is 0.444 e. The number of hydrogen-bond acceptors (Lipinski definition) is 4. The zero-order valence-corrected chi connectivity index (χ0v) is 15.0. The second-order valence-electron chi connectivity index (χ2n) is 6.67. The van der Waals surface area contributed by atoms with Crippen molar-refractivity contribution in [2.45, 2.75) is 59.0 Å². The number of thiocarbonyl (C=S) groups is 1. The van der Waals surface area contributed by atoms with Crippen molar-refractivity contribution < 1.29 is 14.3 Å². The minimum atomic E-state index is -0.477. The monoisotopic (exact) mass is 328 g/mol. The van der Waals surface area contributed by atoms with E-state index >= 15 is 0 Å². The molecule has 126 valence electrons. The van der Waals surface area contributed by atoms with E-state index in [1.54, 1.807) is 4.90 Å². The molecule has 0 bridgehead atoms. The van der Waals surface area contributed by atoms with Crippen molar-refractivity contribution in [2.75, 3.05) is 26.2 Å². The first-order chi connectivity index (χ1) is 10.2. The fourth-order valence-electron chi connectivity index (χ4n) is 2.21. The zero-order chi connectivity index (χ0) is 16.8. The van der Waals surface area contributed by atoms with Crippen molar-refractivity contribution in [3.63, 3.8) is 0 Å². The van der Waals surface area contributed by atoms with Gasteiger partial charge in [-0.05, 0) is 27.2 Å². The summed E-state index contributed by atoms with van der Waals surface area (Å²) in [5.74, 6) is 0.210. The van der Waals surface area contributed by atoms with Gasteiger partial charge in [0, 0.05) is 32.6 Å². The highest BCUT2D eigenvalue weighted by Crippen LogP contribution is 2.13. The number of amides is 1. The maximum atomic E-state index is 12.0. The van der Waals surface area contributed by atoms with Gasteiger partial charge in [-0.2, -0.15) is 0 Å². The van der Waals surface area contributed by atoms with Crippen molar-refractivity contribution >= 4 is 29.1 Å². The highest BCUT2D eigenvalue weighted by atomic mass is 32.1. The quantitative estimate of drug-likeness (QED) is 0.726. The Morgan fingerprint density at radius 2 is 1.64 bits per heavy atom. The van der Waals surface area contributed by atoms with E-state index in [1.165, 1.54) is 0 Å². The van der Waals surface area contributed by atoms with E-state index in [0.29, 0.717) is 44.0 Å². The predicted octanol–water partition coefficient (Wildman–Crippen LogP) is 3.02. The van der Waals surface area contributed by atoms with Crippen LogP contribution < -0.4 is 0 Å². The van der Waals surface area contributed by atoms with Crippen LogP contribution in [-0.2, 0) is 9.53 Å². The summed E-state index contributed by atoms with van der Waals surface area (Å²) < 4.78 is 5.36. The normalized spacial score (nSPS) is 15.6. The summed E-state index contributed by atoms with van der Waals surface area (Å²) in [5.41, 5.74) is -0.477. The van der Waals surface area contributed by atoms with Gasteiger partial charge in [0.05, 0.1) is 11.4 Å². The standard InChI is InChI=1S/C16H28N2O3S/c1-5-6-7-13(19)12-14(22)17-8-10-18(11-9-17)15(20)21-16(2,3)4/h5-12H2,1-4H3. The van der Waals surface area contributed by atoms with Gasteiger partial charge in [-0.3, -0.25) is 4.79 Å². The van der Waals surface area contributed by atoms with E-state index < -0.39 is 5.60 Å². The van der Waals surface area contributed by atoms with Crippen molar-refractivity contribution in [3.05, 3.63) is 0 Å². The third kappa shape index (κ3) is 6.73. The van der Waals surface area contributed by atoms with Crippen LogP contribution in [0.4, 0.5) is 4.79 Å². The second kappa shape index (κ2) is 8.46. The summed E-state index contributed by atoms with van der Waals surface area (Å²) in [5, 5.41) is 0. The number of carbonyl (C=O) groups is 2. The van der Waals surface area contributed by atoms with Crippen LogP contribution in [0.25, 0.3) is 0 Å². The van der Waals surface area contributed by atoms with Gasteiger partial charge in [0.15, 0.2) is 0 Å². The van der Waals surface area contributed by atoms with Gasteiger partial charge >= 0.3 is 6.09 Å². The van der Waals surface area contributed by atoms with Gasteiger partial charge in [0.1, 0.15) is 11.4 Å². The molecule has 6 heteroatoms. The zero-order valence-electron chi connectivity index (χ0n) is 14.2. The van der Waals surface area contributed by atoms with E-state index in [2.05, 4.69) is 6.92 Å². The highest BCUT2D eigenvalue weighted by Gasteiger charge is 2.26. The first kappa shape index (κ1) is 18.9. The number of rotatable bonds is 5. The number of carbonyl (C=O) groups excluding carboxylic acids is 2. The average molecular weight is 328 g/mol. The van der Waals surface area contributed by atoms with Crippen molar-refractivity contribution in [1.82, 2.24) is 9.80 Å². The molecule has 1 heterocycles. The Hall–Kier alpha value is -1.17. The summed E-state index contributed by atoms with van der Waals surface area (Å²) in [6, 6.07) is 0. The fraction of sp³-hybridized carbons (Fsp3) is 0.812. The van der Waals surface area contributed by atoms with E-state index in [4.69, 9.17) is 17.0 Å². The molecular weight excluding hydrogens is 300 g/mol. The molecule has 1 rings (SSSR count). The van der Waals surface area contributed by atoms with Crippen LogP contribution in [0, 0.1) is 0 Å². The Bertz CT molecular complexity index is 410. The molecule has 0 aromatic heterocycles. The van der Waals surface area contributed by atoms with E-state index in [9.17, 15) is 9.59 Å². The lowest BCUT2D eigenvalue weighted by atomic mass is 10.1. The first-order valence-corrected chi connectivity index (χ1v) is 8.41. The Morgan fingerprint density at radius 3 is 2.14 bits per heavy atom. The molecule has 0 spiro atoms. The fourth-order valence-corrected chi connectivity index (χ4v) is 2.55. The lowest BCUT2D eigenvalue weighted by Crippen LogP contribution is -2.51. The van der Waals surface area contributed by atoms with Crippen molar-refractivity contribution in [3.8, 4) is 0 Å². The minimum absolute atomic E-state index is 0.210. The van der Waals surface area contributed by atoms with Crippen LogP contribution in [0.1, 0.15) is 53.4 Å². The molecule has 1 aliphatic heterocycles. The van der Waals surface area contributed by atoms with Crippen molar-refractivity contribution in [1.29, 1.82) is 0 Å². The molecule has 1 saturated heterocycles. The molecule has 1 amide bonds. The number of unbranched alkanes of at least 4 members (excludes halogenated alkanes) is 1. The van der Waals surface area contributed by atoms with Crippen LogP contribution >= 0.6 is 12.2 Å². The Balaban J connectivity index is 2.37. The van der Waals surface area contributed by atoms with Gasteiger partial charge in [0.25, 0.3) is 0 Å². The summed E-state index contributed by atoms with van der Waals surface area (Å²) in [6.07, 6.45) is 2.62. The molecule has 0 saturated carbocycles. The maximum Gasteiger partial charge on any atom is 0.410 e. The van der Waals surface area contributed by atoms with Crippen molar-refractivity contribution in [2.24, 2.45) is 0 Å². The second-order valence-corrected chi connectivity index (χ2v) is 7.14. The Labute approximate surface area is 139 Å². The number of nitrogens with zero attached hydrogens (tertiary/aromatic N) is 2.